The minimum absolute atomic E-state index is 0.0781. The summed E-state index contributed by atoms with van der Waals surface area (Å²) < 4.78 is 28.0. The first kappa shape index (κ1) is 33.2. The molecule has 1 heterocycles. The molecule has 42 heavy (non-hydrogen) atoms. The number of amides is 2. The van der Waals surface area contributed by atoms with Gasteiger partial charge in [-0.15, -0.1) is 0 Å². The molecule has 0 saturated carbocycles. The maximum absolute atomic E-state index is 13.3. The Labute approximate surface area is 252 Å². The van der Waals surface area contributed by atoms with E-state index in [-0.39, 0.29) is 36.2 Å². The van der Waals surface area contributed by atoms with Gasteiger partial charge in [-0.3, -0.25) is 4.79 Å². The average molecular weight is 597 g/mol. The second kappa shape index (κ2) is 14.8. The van der Waals surface area contributed by atoms with Crippen LogP contribution in [0.3, 0.4) is 0 Å². The van der Waals surface area contributed by atoms with Crippen molar-refractivity contribution < 1.29 is 23.1 Å². The Hall–Kier alpha value is -3.26. The molecule has 0 aliphatic carbocycles. The van der Waals surface area contributed by atoms with Gasteiger partial charge in [-0.2, -0.15) is 5.26 Å². The summed E-state index contributed by atoms with van der Waals surface area (Å²) in [4.78, 5) is 29.0. The van der Waals surface area contributed by atoms with Crippen LogP contribution in [0.4, 0.5) is 4.79 Å². The fourth-order valence-electron chi connectivity index (χ4n) is 5.44. The fourth-order valence-corrected chi connectivity index (χ4v) is 6.39. The molecule has 3 unspecified atom stereocenters. The Balaban J connectivity index is 1.86. The first-order valence-electron chi connectivity index (χ1n) is 14.6. The largest absolute Gasteiger partial charge is 0.450 e. The number of hydrogen-bond acceptors (Lipinski definition) is 6. The maximum atomic E-state index is 13.3. The van der Waals surface area contributed by atoms with E-state index in [0.717, 1.165) is 27.8 Å². The van der Waals surface area contributed by atoms with Gasteiger partial charge in [0.2, 0.25) is 5.91 Å². The molecule has 0 radical (unpaired) electrons. The Morgan fingerprint density at radius 3 is 2.14 bits per heavy atom. The zero-order valence-electron chi connectivity index (χ0n) is 25.6. The fraction of sp³-hybridized carbons (Fsp3) is 0.531. The number of nitrogens with zero attached hydrogens (tertiary/aromatic N) is 3. The lowest BCUT2D eigenvalue weighted by Crippen LogP contribution is -2.54. The van der Waals surface area contributed by atoms with Crippen molar-refractivity contribution in [3.8, 4) is 6.07 Å². The predicted octanol–water partition coefficient (Wildman–Crippen LogP) is 4.90. The van der Waals surface area contributed by atoms with Gasteiger partial charge in [-0.1, -0.05) is 52.8 Å². The lowest BCUT2D eigenvalue weighted by Gasteiger charge is -2.35. The number of ether oxygens (including phenoxy) is 1. The van der Waals surface area contributed by atoms with Gasteiger partial charge in [0.1, 0.15) is 0 Å². The lowest BCUT2D eigenvalue weighted by molar-refractivity contribution is -0.134. The summed E-state index contributed by atoms with van der Waals surface area (Å²) in [5.74, 6) is 0.0172. The summed E-state index contributed by atoms with van der Waals surface area (Å²) in [5, 5.41) is 9.57. The van der Waals surface area contributed by atoms with Gasteiger partial charge in [0.25, 0.3) is 0 Å². The van der Waals surface area contributed by atoms with E-state index in [2.05, 4.69) is 19.9 Å². The molecule has 0 bridgehead atoms. The molecule has 228 valence electrons. The van der Waals surface area contributed by atoms with Crippen LogP contribution in [0.25, 0.3) is 0 Å². The molecule has 2 amide bonds. The number of rotatable bonds is 10. The van der Waals surface area contributed by atoms with Crippen LogP contribution in [-0.2, 0) is 33.5 Å². The second-order valence-electron chi connectivity index (χ2n) is 11.6. The minimum Gasteiger partial charge on any atom is -0.450 e. The van der Waals surface area contributed by atoms with Crippen molar-refractivity contribution in [1.82, 2.24) is 9.80 Å². The van der Waals surface area contributed by atoms with Gasteiger partial charge in [-0.25, -0.2) is 9.00 Å². The topological polar surface area (TPSA) is 137 Å². The van der Waals surface area contributed by atoms with Gasteiger partial charge in [0.05, 0.1) is 29.2 Å². The predicted molar refractivity (Wildman–Crippen MR) is 164 cm³/mol. The van der Waals surface area contributed by atoms with Gasteiger partial charge in [0, 0.05) is 26.2 Å². The van der Waals surface area contributed by atoms with Gasteiger partial charge >= 0.3 is 6.09 Å². The van der Waals surface area contributed by atoms with E-state index in [1.54, 1.807) is 28.9 Å². The van der Waals surface area contributed by atoms with E-state index < -0.39 is 17.1 Å². The Bertz CT molecular complexity index is 1350. The lowest BCUT2D eigenvalue weighted by atomic mass is 9.85. The standard InChI is InChI=1S/C32H44N4O5S/c1-7-41-32(38)36-12-10-35(11-13-36)31(37)29(34)18-26-15-23(19-33)8-9-24(26)14-22(6)28-17-25(20(2)3)16-27(21(4)5)30(28)42(39)40/h8-9,15-17,20-22,29H,7,10-14,18,34H2,1-6H3,(H,39,40). The minimum atomic E-state index is -2.15. The number of nitriles is 1. The first-order valence-corrected chi connectivity index (χ1v) is 15.7. The van der Waals surface area contributed by atoms with Crippen molar-refractivity contribution in [3.63, 3.8) is 0 Å². The van der Waals surface area contributed by atoms with Crippen LogP contribution in [0.1, 0.15) is 92.7 Å². The number of carbonyl (C=O) groups is 2. The second-order valence-corrected chi connectivity index (χ2v) is 12.5. The number of piperazine rings is 1. The van der Waals surface area contributed by atoms with Crippen LogP contribution < -0.4 is 5.73 Å². The van der Waals surface area contributed by atoms with Crippen LogP contribution in [0.15, 0.2) is 35.2 Å². The molecule has 1 aliphatic heterocycles. The molecular formula is C32H44N4O5S. The molecule has 2 aromatic rings. The molecule has 1 aliphatic rings. The number of nitrogens with two attached hydrogens (primary N) is 1. The molecule has 10 heteroatoms. The van der Waals surface area contributed by atoms with E-state index in [1.807, 2.05) is 39.0 Å². The molecule has 9 nitrogen and oxygen atoms in total. The van der Waals surface area contributed by atoms with Gasteiger partial charge in [-0.05, 0) is 77.5 Å². The summed E-state index contributed by atoms with van der Waals surface area (Å²) in [6.45, 7) is 13.9. The van der Waals surface area contributed by atoms with E-state index in [1.165, 1.54) is 0 Å². The average Bonchev–Trinajstić information content (AvgIpc) is 2.96. The van der Waals surface area contributed by atoms with Crippen molar-refractivity contribution >= 4 is 23.1 Å². The quantitative estimate of drug-likeness (QED) is 0.372. The monoisotopic (exact) mass is 596 g/mol. The highest BCUT2D eigenvalue weighted by Crippen LogP contribution is 2.36. The molecule has 3 rings (SSSR count). The summed E-state index contributed by atoms with van der Waals surface area (Å²) in [6, 6.07) is 10.9. The molecule has 1 saturated heterocycles. The number of benzene rings is 2. The summed E-state index contributed by atoms with van der Waals surface area (Å²) in [5.41, 5.74) is 11.5. The van der Waals surface area contributed by atoms with Crippen LogP contribution in [-0.4, -0.2) is 69.4 Å². The normalized spacial score (nSPS) is 15.8. The number of hydrogen-bond donors (Lipinski definition) is 2. The van der Waals surface area contributed by atoms with Crippen molar-refractivity contribution in [2.24, 2.45) is 5.73 Å². The van der Waals surface area contributed by atoms with Crippen molar-refractivity contribution in [2.45, 2.75) is 83.1 Å². The highest BCUT2D eigenvalue weighted by molar-refractivity contribution is 7.79. The van der Waals surface area contributed by atoms with Crippen LogP contribution >= 0.6 is 0 Å². The van der Waals surface area contributed by atoms with E-state index >= 15 is 0 Å². The Morgan fingerprint density at radius 2 is 1.60 bits per heavy atom. The van der Waals surface area contributed by atoms with Crippen LogP contribution in [0.2, 0.25) is 0 Å². The molecule has 1 fully saturated rings. The zero-order valence-corrected chi connectivity index (χ0v) is 26.4. The van der Waals surface area contributed by atoms with E-state index in [0.29, 0.717) is 49.7 Å². The molecular weight excluding hydrogens is 552 g/mol. The van der Waals surface area contributed by atoms with Gasteiger partial charge < -0.3 is 24.8 Å². The van der Waals surface area contributed by atoms with Crippen LogP contribution in [0.5, 0.6) is 0 Å². The third kappa shape index (κ3) is 7.97. The van der Waals surface area contributed by atoms with Crippen molar-refractivity contribution in [3.05, 3.63) is 63.7 Å². The van der Waals surface area contributed by atoms with E-state index in [9.17, 15) is 23.6 Å². The maximum Gasteiger partial charge on any atom is 0.409 e. The third-order valence-corrected chi connectivity index (χ3v) is 8.72. The summed E-state index contributed by atoms with van der Waals surface area (Å²) in [7, 11) is 0. The number of carbonyl (C=O) groups excluding carboxylic acids is 2. The molecule has 0 spiro atoms. The van der Waals surface area contributed by atoms with Crippen LogP contribution in [0, 0.1) is 11.3 Å². The Kier molecular flexibility index (Phi) is 11.7. The zero-order chi connectivity index (χ0) is 31.1. The first-order chi connectivity index (χ1) is 19.9. The SMILES string of the molecule is CCOC(=O)N1CCN(C(=O)C(N)Cc2cc(C#N)ccc2CC(C)c2cc(C(C)C)cc(C(C)C)c2S(=O)O)CC1. The Morgan fingerprint density at radius 1 is 0.976 bits per heavy atom. The summed E-state index contributed by atoms with van der Waals surface area (Å²) >= 11 is -2.15. The summed E-state index contributed by atoms with van der Waals surface area (Å²) in [6.07, 6.45) is 0.411. The van der Waals surface area contributed by atoms with Crippen molar-refractivity contribution in [1.29, 1.82) is 5.26 Å². The molecule has 3 atom stereocenters. The highest BCUT2D eigenvalue weighted by atomic mass is 32.2. The van der Waals surface area contributed by atoms with Gasteiger partial charge in [0.15, 0.2) is 11.1 Å². The molecule has 3 N–H and O–H groups in total. The highest BCUT2D eigenvalue weighted by Gasteiger charge is 2.29. The third-order valence-electron chi connectivity index (χ3n) is 7.90. The smallest absolute Gasteiger partial charge is 0.409 e. The van der Waals surface area contributed by atoms with Crippen molar-refractivity contribution in [2.75, 3.05) is 32.8 Å². The molecule has 0 aromatic heterocycles. The molecule has 2 aromatic carbocycles. The van der Waals surface area contributed by atoms with E-state index in [4.69, 9.17) is 10.5 Å².